The van der Waals surface area contributed by atoms with Crippen molar-refractivity contribution in [2.24, 2.45) is 5.73 Å². The normalized spacial score (nSPS) is 10.2. The van der Waals surface area contributed by atoms with E-state index in [1.54, 1.807) is 18.5 Å². The number of hydrogen-bond donors (Lipinski definition) is 2. The molecule has 0 unspecified atom stereocenters. The van der Waals surface area contributed by atoms with Crippen molar-refractivity contribution in [1.82, 2.24) is 24.7 Å². The number of carbonyl (C=O) groups excluding carboxylic acids is 1. The van der Waals surface area contributed by atoms with Gasteiger partial charge in [-0.2, -0.15) is 20.1 Å². The number of halogens is 1. The van der Waals surface area contributed by atoms with Crippen LogP contribution in [0.1, 0.15) is 0 Å². The van der Waals surface area contributed by atoms with Crippen LogP contribution < -0.4 is 11.1 Å². The van der Waals surface area contributed by atoms with Gasteiger partial charge in [-0.3, -0.25) is 4.79 Å². The minimum Gasteiger partial charge on any atom is -0.368 e. The number of rotatable bonds is 4. The Balaban J connectivity index is 2.26. The van der Waals surface area contributed by atoms with E-state index in [-0.39, 0.29) is 23.7 Å². The van der Waals surface area contributed by atoms with Gasteiger partial charge in [-0.25, -0.2) is 4.68 Å². The van der Waals surface area contributed by atoms with Gasteiger partial charge in [0.2, 0.25) is 17.1 Å². The van der Waals surface area contributed by atoms with Crippen molar-refractivity contribution in [2.45, 2.75) is 0 Å². The molecule has 0 aliphatic rings. The molecule has 2 aromatic heterocycles. The van der Waals surface area contributed by atoms with Crippen molar-refractivity contribution in [1.29, 1.82) is 0 Å². The van der Waals surface area contributed by atoms with Crippen LogP contribution >= 0.6 is 11.6 Å². The second-order valence-corrected chi connectivity index (χ2v) is 3.34. The molecule has 0 bridgehead atoms. The molecular weight excluding hydrogens is 246 g/mol. The van der Waals surface area contributed by atoms with Crippen LogP contribution in [0.5, 0.6) is 0 Å². The van der Waals surface area contributed by atoms with E-state index in [0.29, 0.717) is 0 Å². The lowest BCUT2D eigenvalue weighted by atomic mass is 10.6. The average molecular weight is 254 g/mol. The van der Waals surface area contributed by atoms with E-state index < -0.39 is 5.91 Å². The van der Waals surface area contributed by atoms with E-state index in [9.17, 15) is 4.79 Å². The fourth-order valence-corrected chi connectivity index (χ4v) is 1.23. The third-order valence-corrected chi connectivity index (χ3v) is 1.90. The topological polar surface area (TPSA) is 112 Å². The number of aromatic nitrogens is 5. The number of anilines is 1. The molecule has 1 amide bonds. The van der Waals surface area contributed by atoms with Crippen LogP contribution in [0.15, 0.2) is 18.5 Å². The van der Waals surface area contributed by atoms with Crippen molar-refractivity contribution in [3.8, 4) is 5.95 Å². The van der Waals surface area contributed by atoms with Crippen molar-refractivity contribution < 1.29 is 4.79 Å². The van der Waals surface area contributed by atoms with E-state index in [1.807, 2.05) is 0 Å². The van der Waals surface area contributed by atoms with E-state index in [0.717, 1.165) is 0 Å². The molecule has 3 N–H and O–H groups in total. The Labute approximate surface area is 101 Å². The van der Waals surface area contributed by atoms with E-state index in [1.165, 1.54) is 4.68 Å². The van der Waals surface area contributed by atoms with Crippen molar-refractivity contribution in [3.63, 3.8) is 0 Å². The smallest absolute Gasteiger partial charge is 0.256 e. The summed E-state index contributed by atoms with van der Waals surface area (Å²) >= 11 is 5.72. The van der Waals surface area contributed by atoms with Crippen LogP contribution in [0.3, 0.4) is 0 Å². The fourth-order valence-electron chi connectivity index (χ4n) is 1.07. The lowest BCUT2D eigenvalue weighted by Crippen LogP contribution is -2.23. The molecule has 0 aliphatic heterocycles. The first-order valence-electron chi connectivity index (χ1n) is 4.59. The highest BCUT2D eigenvalue weighted by Crippen LogP contribution is 2.08. The van der Waals surface area contributed by atoms with Gasteiger partial charge in [-0.05, 0) is 17.7 Å². The van der Waals surface area contributed by atoms with Crippen molar-refractivity contribution >= 4 is 23.5 Å². The number of hydrogen-bond acceptors (Lipinski definition) is 6. The molecule has 2 aromatic rings. The van der Waals surface area contributed by atoms with Crippen LogP contribution in [0.25, 0.3) is 5.95 Å². The van der Waals surface area contributed by atoms with Gasteiger partial charge in [0.15, 0.2) is 0 Å². The highest BCUT2D eigenvalue weighted by molar-refractivity contribution is 6.28. The van der Waals surface area contributed by atoms with Gasteiger partial charge in [0.05, 0.1) is 6.54 Å². The number of amides is 1. The van der Waals surface area contributed by atoms with Gasteiger partial charge in [0.25, 0.3) is 5.95 Å². The molecule has 2 heterocycles. The summed E-state index contributed by atoms with van der Waals surface area (Å²) < 4.78 is 1.42. The standard InChI is InChI=1S/C8H8ClN7O/c9-6-13-7(11-4-5(10)17)15-8(14-6)16-3-1-2-12-16/h1-3H,4H2,(H2,10,17)(H,11,13,14,15). The summed E-state index contributed by atoms with van der Waals surface area (Å²) in [6.45, 7) is -0.0844. The summed E-state index contributed by atoms with van der Waals surface area (Å²) in [5, 5.41) is 6.57. The average Bonchev–Trinajstić information content (AvgIpc) is 2.79. The lowest BCUT2D eigenvalue weighted by Gasteiger charge is -2.04. The largest absolute Gasteiger partial charge is 0.368 e. The highest BCUT2D eigenvalue weighted by Gasteiger charge is 2.07. The quantitative estimate of drug-likeness (QED) is 0.767. The Morgan fingerprint density at radius 2 is 2.29 bits per heavy atom. The summed E-state index contributed by atoms with van der Waals surface area (Å²) in [4.78, 5) is 22.3. The zero-order valence-corrected chi connectivity index (χ0v) is 9.29. The SMILES string of the molecule is NC(=O)CNc1nc(Cl)nc(-n2cccn2)n1. The second kappa shape index (κ2) is 4.74. The Kier molecular flexibility index (Phi) is 3.15. The maximum atomic E-state index is 10.6. The van der Waals surface area contributed by atoms with Crippen LogP contribution in [0.2, 0.25) is 5.28 Å². The maximum absolute atomic E-state index is 10.6. The Morgan fingerprint density at radius 3 is 2.94 bits per heavy atom. The molecule has 0 fully saturated rings. The van der Waals surface area contributed by atoms with Gasteiger partial charge in [0.1, 0.15) is 0 Å². The summed E-state index contributed by atoms with van der Waals surface area (Å²) in [6, 6.07) is 1.72. The van der Waals surface area contributed by atoms with Crippen LogP contribution in [0, 0.1) is 0 Å². The number of carbonyl (C=O) groups is 1. The van der Waals surface area contributed by atoms with Crippen LogP contribution in [-0.4, -0.2) is 37.2 Å². The summed E-state index contributed by atoms with van der Waals surface area (Å²) in [6.07, 6.45) is 3.23. The molecule has 0 aromatic carbocycles. The molecule has 0 radical (unpaired) electrons. The first kappa shape index (κ1) is 11.3. The third kappa shape index (κ3) is 2.88. The molecule has 17 heavy (non-hydrogen) atoms. The summed E-state index contributed by atoms with van der Waals surface area (Å²) in [7, 11) is 0. The first-order chi connectivity index (χ1) is 8.15. The minimum absolute atomic E-state index is 0.00234. The number of nitrogens with zero attached hydrogens (tertiary/aromatic N) is 5. The number of nitrogens with one attached hydrogen (secondary N) is 1. The summed E-state index contributed by atoms with van der Waals surface area (Å²) in [5.41, 5.74) is 4.99. The van der Waals surface area contributed by atoms with Gasteiger partial charge >= 0.3 is 0 Å². The van der Waals surface area contributed by atoms with Crippen molar-refractivity contribution in [2.75, 3.05) is 11.9 Å². The molecule has 0 saturated carbocycles. The zero-order valence-electron chi connectivity index (χ0n) is 8.54. The monoisotopic (exact) mass is 253 g/mol. The van der Waals surface area contributed by atoms with E-state index in [2.05, 4.69) is 25.4 Å². The molecule has 0 saturated heterocycles. The summed E-state index contributed by atoms with van der Waals surface area (Å²) in [5.74, 6) is -0.113. The molecular formula is C8H8ClN7O. The molecule has 88 valence electrons. The van der Waals surface area contributed by atoms with Gasteiger partial charge in [-0.15, -0.1) is 0 Å². The predicted octanol–water partition coefficient (Wildman–Crippen LogP) is -0.392. The van der Waals surface area contributed by atoms with Crippen molar-refractivity contribution in [3.05, 3.63) is 23.7 Å². The molecule has 0 spiro atoms. The second-order valence-electron chi connectivity index (χ2n) is 3.00. The molecule has 0 atom stereocenters. The minimum atomic E-state index is -0.526. The molecule has 0 aliphatic carbocycles. The van der Waals surface area contributed by atoms with Gasteiger partial charge in [-0.1, -0.05) is 0 Å². The fraction of sp³-hybridized carbons (Fsp3) is 0.125. The van der Waals surface area contributed by atoms with Crippen LogP contribution in [0.4, 0.5) is 5.95 Å². The van der Waals surface area contributed by atoms with Gasteiger partial charge in [0, 0.05) is 12.4 Å². The van der Waals surface area contributed by atoms with Crippen LogP contribution in [-0.2, 0) is 4.79 Å². The van der Waals surface area contributed by atoms with E-state index >= 15 is 0 Å². The highest BCUT2D eigenvalue weighted by atomic mass is 35.5. The Bertz CT molecular complexity index is 527. The molecule has 2 rings (SSSR count). The molecule has 8 nitrogen and oxygen atoms in total. The van der Waals surface area contributed by atoms with Gasteiger partial charge < -0.3 is 11.1 Å². The first-order valence-corrected chi connectivity index (χ1v) is 4.97. The predicted molar refractivity (Wildman–Crippen MR) is 59.6 cm³/mol. The third-order valence-electron chi connectivity index (χ3n) is 1.73. The molecule has 9 heteroatoms. The zero-order chi connectivity index (χ0) is 12.3. The number of primary amides is 1. The Hall–Kier alpha value is -2.22. The maximum Gasteiger partial charge on any atom is 0.256 e. The Morgan fingerprint density at radius 1 is 1.47 bits per heavy atom. The lowest BCUT2D eigenvalue weighted by molar-refractivity contribution is -0.116. The number of nitrogens with two attached hydrogens (primary N) is 1. The van der Waals surface area contributed by atoms with E-state index in [4.69, 9.17) is 17.3 Å².